The highest BCUT2D eigenvalue weighted by Crippen LogP contribution is 2.28. The van der Waals surface area contributed by atoms with Crippen LogP contribution in [0.1, 0.15) is 15.9 Å². The van der Waals surface area contributed by atoms with Crippen molar-refractivity contribution in [2.75, 3.05) is 36.5 Å². The molecule has 0 spiro atoms. The van der Waals surface area contributed by atoms with Crippen molar-refractivity contribution in [2.24, 2.45) is 0 Å². The third kappa shape index (κ3) is 4.87. The number of carbonyl (C=O) groups excluding carboxylic acids is 1. The largest absolute Gasteiger partial charge is 0.508 e. The Morgan fingerprint density at radius 1 is 1.03 bits per heavy atom. The molecule has 1 saturated heterocycles. The molecule has 190 valence electrons. The number of amides is 1. The molecule has 0 saturated carbocycles. The van der Waals surface area contributed by atoms with Crippen LogP contribution in [0.5, 0.6) is 5.75 Å². The molecule has 3 aromatic heterocycles. The van der Waals surface area contributed by atoms with Crippen LogP contribution in [0.4, 0.5) is 11.5 Å². The van der Waals surface area contributed by atoms with E-state index in [0.29, 0.717) is 72.5 Å². The van der Waals surface area contributed by atoms with Crippen LogP contribution in [-0.2, 0) is 11.3 Å². The van der Waals surface area contributed by atoms with Gasteiger partial charge in [-0.1, -0.05) is 29.5 Å². The summed E-state index contributed by atoms with van der Waals surface area (Å²) >= 11 is 0. The number of phenolic OH excluding ortho intramolecular Hbond substituents is 1. The van der Waals surface area contributed by atoms with Gasteiger partial charge in [0.1, 0.15) is 5.75 Å². The third-order valence-electron chi connectivity index (χ3n) is 6.23. The van der Waals surface area contributed by atoms with Gasteiger partial charge in [0.05, 0.1) is 31.6 Å². The second-order valence-electron chi connectivity index (χ2n) is 8.83. The van der Waals surface area contributed by atoms with Gasteiger partial charge in [-0.25, -0.2) is 14.6 Å². The molecule has 0 unspecified atom stereocenters. The SMILES string of the molecule is O=C(Nc1cccnc1)c1ccc(Cn2nnc3c(N4CCOCC4)nc(-c4cccc(O)c4)nc32)cc1. The van der Waals surface area contributed by atoms with Gasteiger partial charge < -0.3 is 20.1 Å². The summed E-state index contributed by atoms with van der Waals surface area (Å²) in [5.41, 5.74) is 3.97. The Morgan fingerprint density at radius 3 is 2.63 bits per heavy atom. The highest BCUT2D eigenvalue weighted by Gasteiger charge is 2.22. The maximum absolute atomic E-state index is 12.6. The first-order valence-electron chi connectivity index (χ1n) is 12.2. The van der Waals surface area contributed by atoms with E-state index in [4.69, 9.17) is 14.7 Å². The first kappa shape index (κ1) is 23.5. The Balaban J connectivity index is 1.31. The summed E-state index contributed by atoms with van der Waals surface area (Å²) in [7, 11) is 0. The zero-order valence-electron chi connectivity index (χ0n) is 20.4. The number of hydrogen-bond donors (Lipinski definition) is 2. The van der Waals surface area contributed by atoms with Crippen LogP contribution < -0.4 is 10.2 Å². The minimum atomic E-state index is -0.214. The van der Waals surface area contributed by atoms with Crippen LogP contribution in [0, 0.1) is 0 Å². The maximum Gasteiger partial charge on any atom is 0.255 e. The van der Waals surface area contributed by atoms with E-state index in [1.165, 1.54) is 0 Å². The molecular weight excluding hydrogens is 484 g/mol. The summed E-state index contributed by atoms with van der Waals surface area (Å²) in [5, 5.41) is 21.7. The van der Waals surface area contributed by atoms with E-state index in [9.17, 15) is 9.90 Å². The molecule has 1 aliphatic rings. The van der Waals surface area contributed by atoms with E-state index in [0.717, 1.165) is 5.56 Å². The number of morpholine rings is 1. The number of carbonyl (C=O) groups is 1. The molecule has 11 nitrogen and oxygen atoms in total. The summed E-state index contributed by atoms with van der Waals surface area (Å²) < 4.78 is 7.24. The topological polar surface area (TPSA) is 131 Å². The zero-order valence-corrected chi connectivity index (χ0v) is 20.4. The third-order valence-corrected chi connectivity index (χ3v) is 6.23. The van der Waals surface area contributed by atoms with Crippen molar-refractivity contribution in [3.05, 3.63) is 84.2 Å². The number of anilines is 2. The Labute approximate surface area is 217 Å². The molecule has 11 heteroatoms. The molecule has 0 bridgehead atoms. The van der Waals surface area contributed by atoms with Gasteiger partial charge in [-0.3, -0.25) is 9.78 Å². The average molecular weight is 509 g/mol. The van der Waals surface area contributed by atoms with Gasteiger partial charge in [-0.05, 0) is 42.0 Å². The van der Waals surface area contributed by atoms with E-state index in [2.05, 4.69) is 25.5 Å². The van der Waals surface area contributed by atoms with E-state index in [-0.39, 0.29) is 11.7 Å². The fourth-order valence-electron chi connectivity index (χ4n) is 4.29. The number of aromatic nitrogens is 6. The monoisotopic (exact) mass is 508 g/mol. The molecule has 0 aliphatic carbocycles. The van der Waals surface area contributed by atoms with E-state index in [1.54, 1.807) is 59.5 Å². The van der Waals surface area contributed by atoms with Crippen molar-refractivity contribution < 1.29 is 14.6 Å². The lowest BCUT2D eigenvalue weighted by molar-refractivity contribution is 0.102. The minimum absolute atomic E-state index is 0.137. The molecule has 38 heavy (non-hydrogen) atoms. The Bertz CT molecular complexity index is 1580. The van der Waals surface area contributed by atoms with Crippen LogP contribution >= 0.6 is 0 Å². The lowest BCUT2D eigenvalue weighted by Crippen LogP contribution is -2.37. The van der Waals surface area contributed by atoms with Crippen LogP contribution in [0.15, 0.2) is 73.1 Å². The first-order chi connectivity index (χ1) is 18.6. The van der Waals surface area contributed by atoms with Gasteiger partial charge in [0, 0.05) is 30.4 Å². The number of aromatic hydroxyl groups is 1. The van der Waals surface area contributed by atoms with Gasteiger partial charge in [-0.15, -0.1) is 5.10 Å². The number of nitrogens with one attached hydrogen (secondary N) is 1. The van der Waals surface area contributed by atoms with Gasteiger partial charge >= 0.3 is 0 Å². The molecule has 5 aromatic rings. The van der Waals surface area contributed by atoms with Gasteiger partial charge in [0.15, 0.2) is 22.8 Å². The normalized spacial score (nSPS) is 13.5. The van der Waals surface area contributed by atoms with Crippen molar-refractivity contribution in [1.82, 2.24) is 29.9 Å². The smallest absolute Gasteiger partial charge is 0.255 e. The second kappa shape index (κ2) is 10.2. The van der Waals surface area contributed by atoms with Crippen molar-refractivity contribution >= 4 is 28.6 Å². The number of rotatable bonds is 6. The summed E-state index contributed by atoms with van der Waals surface area (Å²) in [6.07, 6.45) is 3.25. The molecule has 0 radical (unpaired) electrons. The summed E-state index contributed by atoms with van der Waals surface area (Å²) in [5.74, 6) is 1.08. The molecule has 6 rings (SSSR count). The number of hydrogen-bond acceptors (Lipinski definition) is 9. The lowest BCUT2D eigenvalue weighted by atomic mass is 10.1. The van der Waals surface area contributed by atoms with E-state index >= 15 is 0 Å². The van der Waals surface area contributed by atoms with Gasteiger partial charge in [-0.2, -0.15) is 0 Å². The molecule has 0 atom stereocenters. The summed E-state index contributed by atoms with van der Waals surface area (Å²) in [6.45, 7) is 2.96. The molecule has 1 amide bonds. The molecule has 4 heterocycles. The van der Waals surface area contributed by atoms with Crippen molar-refractivity contribution in [1.29, 1.82) is 0 Å². The van der Waals surface area contributed by atoms with Gasteiger partial charge in [0.25, 0.3) is 5.91 Å². The van der Waals surface area contributed by atoms with Crippen molar-refractivity contribution in [3.8, 4) is 17.1 Å². The number of nitrogens with zero attached hydrogens (tertiary/aromatic N) is 7. The lowest BCUT2D eigenvalue weighted by Gasteiger charge is -2.28. The number of ether oxygens (including phenoxy) is 1. The fraction of sp³-hybridized carbons (Fsp3) is 0.185. The number of fused-ring (bicyclic) bond motifs is 1. The highest BCUT2D eigenvalue weighted by molar-refractivity contribution is 6.04. The highest BCUT2D eigenvalue weighted by atomic mass is 16.5. The molecule has 2 N–H and O–H groups in total. The van der Waals surface area contributed by atoms with E-state index in [1.807, 2.05) is 18.2 Å². The fourth-order valence-corrected chi connectivity index (χ4v) is 4.29. The van der Waals surface area contributed by atoms with Crippen LogP contribution in [0.25, 0.3) is 22.6 Å². The van der Waals surface area contributed by atoms with E-state index < -0.39 is 0 Å². The van der Waals surface area contributed by atoms with Crippen LogP contribution in [-0.4, -0.2) is 67.3 Å². The number of pyridine rings is 1. The number of phenols is 1. The molecule has 1 aliphatic heterocycles. The molecule has 2 aromatic carbocycles. The second-order valence-corrected chi connectivity index (χ2v) is 8.83. The zero-order chi connectivity index (χ0) is 25.9. The van der Waals surface area contributed by atoms with Crippen molar-refractivity contribution in [2.45, 2.75) is 6.54 Å². The summed E-state index contributed by atoms with van der Waals surface area (Å²) in [6, 6.07) is 17.7. The standard InChI is InChI=1S/C27H24N8O3/c36-22-5-1-3-20(15-22)24-30-25(34-11-13-38-14-12-34)23-26(31-24)35(33-32-23)17-18-6-8-19(9-7-18)27(37)29-21-4-2-10-28-16-21/h1-10,15-16,36H,11-14,17H2,(H,29,37). The molecule has 1 fully saturated rings. The van der Waals surface area contributed by atoms with Crippen LogP contribution in [0.3, 0.4) is 0 Å². The number of benzene rings is 2. The maximum atomic E-state index is 12.6. The summed E-state index contributed by atoms with van der Waals surface area (Å²) in [4.78, 5) is 28.3. The van der Waals surface area contributed by atoms with Gasteiger partial charge in [0.2, 0.25) is 0 Å². The predicted molar refractivity (Wildman–Crippen MR) is 141 cm³/mol. The van der Waals surface area contributed by atoms with Crippen molar-refractivity contribution in [3.63, 3.8) is 0 Å². The first-order valence-corrected chi connectivity index (χ1v) is 12.2. The predicted octanol–water partition coefficient (Wildman–Crippen LogP) is 3.13. The average Bonchev–Trinajstić information content (AvgIpc) is 3.36. The van der Waals surface area contributed by atoms with Crippen LogP contribution in [0.2, 0.25) is 0 Å². The molecular formula is C27H24N8O3. The Morgan fingerprint density at radius 2 is 1.87 bits per heavy atom. The Kier molecular flexibility index (Phi) is 6.32. The Hall–Kier alpha value is -4.90. The quantitative estimate of drug-likeness (QED) is 0.355. The minimum Gasteiger partial charge on any atom is -0.508 e.